The zero-order valence-electron chi connectivity index (χ0n) is 17.1. The van der Waals surface area contributed by atoms with E-state index in [2.05, 4.69) is 51.0 Å². The molecule has 1 unspecified atom stereocenters. The van der Waals surface area contributed by atoms with Crippen molar-refractivity contribution in [1.29, 1.82) is 5.26 Å². The molecular formula is C22H30IN5S. The van der Waals surface area contributed by atoms with E-state index in [0.29, 0.717) is 18.2 Å². The molecule has 1 saturated heterocycles. The lowest BCUT2D eigenvalue weighted by molar-refractivity contribution is 0.140. The molecule has 2 aromatic rings. The van der Waals surface area contributed by atoms with Crippen LogP contribution in [-0.2, 0) is 6.54 Å². The zero-order valence-corrected chi connectivity index (χ0v) is 20.2. The lowest BCUT2D eigenvalue weighted by atomic mass is 9.97. The molecule has 1 fully saturated rings. The van der Waals surface area contributed by atoms with Crippen molar-refractivity contribution in [2.45, 2.75) is 32.4 Å². The third-order valence-corrected chi connectivity index (χ3v) is 6.33. The molecule has 1 aliphatic rings. The summed E-state index contributed by atoms with van der Waals surface area (Å²) in [4.78, 5) is 8.39. The van der Waals surface area contributed by atoms with Crippen LogP contribution in [0, 0.1) is 17.2 Å². The first-order valence-corrected chi connectivity index (χ1v) is 10.8. The second kappa shape index (κ2) is 12.2. The summed E-state index contributed by atoms with van der Waals surface area (Å²) in [6.45, 7) is 6.17. The van der Waals surface area contributed by atoms with E-state index in [-0.39, 0.29) is 24.0 Å². The van der Waals surface area contributed by atoms with E-state index >= 15 is 0 Å². The number of hydrogen-bond donors (Lipinski definition) is 2. The van der Waals surface area contributed by atoms with Crippen LogP contribution in [0.1, 0.15) is 41.8 Å². The molecule has 1 aliphatic heterocycles. The Balaban J connectivity index is 0.00000300. The molecule has 0 spiro atoms. The van der Waals surface area contributed by atoms with Gasteiger partial charge in [-0.2, -0.15) is 5.26 Å². The van der Waals surface area contributed by atoms with Gasteiger partial charge in [-0.1, -0.05) is 25.1 Å². The molecular weight excluding hydrogens is 493 g/mol. The molecule has 7 heteroatoms. The highest BCUT2D eigenvalue weighted by Crippen LogP contribution is 2.29. The van der Waals surface area contributed by atoms with Crippen molar-refractivity contribution < 1.29 is 0 Å². The molecule has 0 bridgehead atoms. The quantitative estimate of drug-likeness (QED) is 0.335. The maximum atomic E-state index is 8.91. The Morgan fingerprint density at radius 2 is 1.97 bits per heavy atom. The van der Waals surface area contributed by atoms with Gasteiger partial charge in [0.05, 0.1) is 17.7 Å². The van der Waals surface area contributed by atoms with Crippen LogP contribution >= 0.6 is 35.3 Å². The van der Waals surface area contributed by atoms with Crippen LogP contribution < -0.4 is 10.6 Å². The number of nitrogens with one attached hydrogen (secondary N) is 2. The summed E-state index contributed by atoms with van der Waals surface area (Å²) in [6, 6.07) is 14.5. The van der Waals surface area contributed by atoms with Crippen LogP contribution in [0.4, 0.5) is 0 Å². The van der Waals surface area contributed by atoms with Gasteiger partial charge in [0.2, 0.25) is 0 Å². The maximum Gasteiger partial charge on any atom is 0.191 e. The minimum Gasteiger partial charge on any atom is -0.354 e. The minimum absolute atomic E-state index is 0. The number of piperidine rings is 1. The highest BCUT2D eigenvalue weighted by molar-refractivity contribution is 14.0. The lowest BCUT2D eigenvalue weighted by Crippen LogP contribution is -2.44. The fraction of sp³-hybridized carbons (Fsp3) is 0.455. The smallest absolute Gasteiger partial charge is 0.191 e. The van der Waals surface area contributed by atoms with Crippen molar-refractivity contribution in [3.05, 3.63) is 57.8 Å². The van der Waals surface area contributed by atoms with Gasteiger partial charge in [-0.15, -0.1) is 35.3 Å². The van der Waals surface area contributed by atoms with E-state index in [0.717, 1.165) is 37.1 Å². The van der Waals surface area contributed by atoms with E-state index in [1.54, 1.807) is 7.05 Å². The van der Waals surface area contributed by atoms with Crippen molar-refractivity contribution in [1.82, 2.24) is 15.5 Å². The molecule has 2 heterocycles. The number of rotatable bonds is 6. The van der Waals surface area contributed by atoms with Gasteiger partial charge in [-0.25, -0.2) is 0 Å². The lowest BCUT2D eigenvalue weighted by Gasteiger charge is -2.36. The van der Waals surface area contributed by atoms with Gasteiger partial charge in [-0.3, -0.25) is 9.89 Å². The molecule has 3 rings (SSSR count). The average Bonchev–Trinajstić information content (AvgIpc) is 3.26. The monoisotopic (exact) mass is 523 g/mol. The number of thiophene rings is 1. The van der Waals surface area contributed by atoms with Gasteiger partial charge in [0.1, 0.15) is 0 Å². The SMILES string of the molecule is CN=C(NCc1ccc(C#N)cc1)NCC(c1cccs1)N1CCC(C)CC1.I. The van der Waals surface area contributed by atoms with Crippen molar-refractivity contribution >= 4 is 41.3 Å². The third kappa shape index (κ3) is 6.98. The molecule has 156 valence electrons. The Kier molecular flexibility index (Phi) is 9.91. The standard InChI is InChI=1S/C22H29N5S.HI/c1-17-9-11-27(12-10-17)20(21-4-3-13-28-21)16-26-22(24-2)25-15-19-7-5-18(14-23)6-8-19;/h3-8,13,17,20H,9-12,15-16H2,1-2H3,(H2,24,25,26);1H. The predicted octanol–water partition coefficient (Wildman–Crippen LogP) is 4.38. The summed E-state index contributed by atoms with van der Waals surface area (Å²) in [5, 5.41) is 18.0. The van der Waals surface area contributed by atoms with Crippen molar-refractivity contribution in [2.75, 3.05) is 26.7 Å². The highest BCUT2D eigenvalue weighted by Gasteiger charge is 2.25. The molecule has 29 heavy (non-hydrogen) atoms. The summed E-state index contributed by atoms with van der Waals surface area (Å²) in [5.74, 6) is 1.63. The topological polar surface area (TPSA) is 63.5 Å². The molecule has 0 amide bonds. The predicted molar refractivity (Wildman–Crippen MR) is 132 cm³/mol. The van der Waals surface area contributed by atoms with Gasteiger partial charge in [0, 0.05) is 25.0 Å². The van der Waals surface area contributed by atoms with Gasteiger partial charge in [0.15, 0.2) is 5.96 Å². The molecule has 1 aromatic heterocycles. The maximum absolute atomic E-state index is 8.91. The van der Waals surface area contributed by atoms with E-state index < -0.39 is 0 Å². The normalized spacial score (nSPS) is 16.5. The molecule has 5 nitrogen and oxygen atoms in total. The Morgan fingerprint density at radius 3 is 2.55 bits per heavy atom. The van der Waals surface area contributed by atoms with Crippen LogP contribution in [0.3, 0.4) is 0 Å². The fourth-order valence-electron chi connectivity index (χ4n) is 3.53. The van der Waals surface area contributed by atoms with E-state index in [1.807, 2.05) is 35.6 Å². The van der Waals surface area contributed by atoms with Crippen molar-refractivity contribution in [2.24, 2.45) is 10.9 Å². The second-order valence-electron chi connectivity index (χ2n) is 7.37. The van der Waals surface area contributed by atoms with Crippen LogP contribution in [0.5, 0.6) is 0 Å². The number of benzene rings is 1. The van der Waals surface area contributed by atoms with E-state index in [4.69, 9.17) is 5.26 Å². The molecule has 0 radical (unpaired) electrons. The van der Waals surface area contributed by atoms with Gasteiger partial charge in [0.25, 0.3) is 0 Å². The van der Waals surface area contributed by atoms with Gasteiger partial charge >= 0.3 is 0 Å². The molecule has 2 N–H and O–H groups in total. The van der Waals surface area contributed by atoms with Crippen LogP contribution in [-0.4, -0.2) is 37.5 Å². The minimum atomic E-state index is 0. The Bertz CT molecular complexity index is 790. The summed E-state index contributed by atoms with van der Waals surface area (Å²) >= 11 is 1.83. The van der Waals surface area contributed by atoms with Gasteiger partial charge in [-0.05, 0) is 61.0 Å². The number of likely N-dealkylation sites (tertiary alicyclic amines) is 1. The zero-order chi connectivity index (χ0) is 19.8. The van der Waals surface area contributed by atoms with Crippen LogP contribution in [0.15, 0.2) is 46.8 Å². The third-order valence-electron chi connectivity index (χ3n) is 5.36. The number of nitriles is 1. The first-order chi connectivity index (χ1) is 13.7. The first kappa shape index (κ1) is 23.6. The summed E-state index contributed by atoms with van der Waals surface area (Å²) in [5.41, 5.74) is 1.81. The summed E-state index contributed by atoms with van der Waals surface area (Å²) < 4.78 is 0. The largest absolute Gasteiger partial charge is 0.354 e. The molecule has 0 saturated carbocycles. The number of guanidine groups is 1. The molecule has 0 aliphatic carbocycles. The van der Waals surface area contributed by atoms with Crippen LogP contribution in [0.2, 0.25) is 0 Å². The number of nitrogens with zero attached hydrogens (tertiary/aromatic N) is 3. The number of aliphatic imine (C=N–C) groups is 1. The van der Waals surface area contributed by atoms with Crippen molar-refractivity contribution in [3.63, 3.8) is 0 Å². The van der Waals surface area contributed by atoms with E-state index in [1.165, 1.54) is 17.7 Å². The second-order valence-corrected chi connectivity index (χ2v) is 8.34. The highest BCUT2D eigenvalue weighted by atomic mass is 127. The first-order valence-electron chi connectivity index (χ1n) is 9.90. The Labute approximate surface area is 195 Å². The molecule has 1 aromatic carbocycles. The molecule has 1 atom stereocenters. The fourth-order valence-corrected chi connectivity index (χ4v) is 4.39. The number of halogens is 1. The summed E-state index contributed by atoms with van der Waals surface area (Å²) in [6.07, 6.45) is 2.54. The summed E-state index contributed by atoms with van der Waals surface area (Å²) in [7, 11) is 1.80. The van der Waals surface area contributed by atoms with Crippen molar-refractivity contribution in [3.8, 4) is 6.07 Å². The van der Waals surface area contributed by atoms with Crippen LogP contribution in [0.25, 0.3) is 0 Å². The Morgan fingerprint density at radius 1 is 1.24 bits per heavy atom. The van der Waals surface area contributed by atoms with E-state index in [9.17, 15) is 0 Å². The Hall–Kier alpha value is -1.63. The number of hydrogen-bond acceptors (Lipinski definition) is 4. The van der Waals surface area contributed by atoms with Gasteiger partial charge < -0.3 is 10.6 Å². The average molecular weight is 523 g/mol.